The summed E-state index contributed by atoms with van der Waals surface area (Å²) in [4.78, 5) is 26.7. The number of amides is 1. The van der Waals surface area contributed by atoms with Crippen LogP contribution in [0.1, 0.15) is 78.3 Å². The molecule has 12 nitrogen and oxygen atoms in total. The Morgan fingerprint density at radius 1 is 1.02 bits per heavy atom. The molecule has 0 spiro atoms. The van der Waals surface area contributed by atoms with Gasteiger partial charge in [0.05, 0.1) is 34.4 Å². The van der Waals surface area contributed by atoms with Gasteiger partial charge in [0.2, 0.25) is 16.0 Å². The molecule has 3 N–H and O–H groups in total. The number of pyridine rings is 3. The topological polar surface area (TPSA) is 157 Å². The number of sulfonamides is 1. The molecule has 1 saturated carbocycles. The van der Waals surface area contributed by atoms with Crippen molar-refractivity contribution >= 4 is 32.7 Å². The number of nitrogens with one attached hydrogen (secondary N) is 3. The molecule has 2 aliphatic carbocycles. The van der Waals surface area contributed by atoms with Gasteiger partial charge in [-0.15, -0.1) is 10.2 Å². The van der Waals surface area contributed by atoms with Crippen molar-refractivity contribution in [1.29, 1.82) is 0 Å². The minimum Gasteiger partial charge on any atom is -0.347 e. The zero-order chi connectivity index (χ0) is 31.1. The molecular weight excluding hydrogens is 590 g/mol. The van der Waals surface area contributed by atoms with E-state index in [1.54, 1.807) is 53.9 Å². The quantitative estimate of drug-likeness (QED) is 0.205. The van der Waals surface area contributed by atoms with E-state index in [2.05, 4.69) is 35.5 Å². The van der Waals surface area contributed by atoms with Gasteiger partial charge in [-0.1, -0.05) is 13.8 Å². The average Bonchev–Trinajstić information content (AvgIpc) is 3.71. The van der Waals surface area contributed by atoms with Gasteiger partial charge in [0.25, 0.3) is 5.91 Å². The van der Waals surface area contributed by atoms with Crippen LogP contribution in [0.5, 0.6) is 0 Å². The van der Waals surface area contributed by atoms with Crippen molar-refractivity contribution in [3.8, 4) is 5.69 Å². The van der Waals surface area contributed by atoms with E-state index in [1.807, 2.05) is 32.0 Å². The zero-order valence-electron chi connectivity index (χ0n) is 24.9. The molecule has 0 aliphatic heterocycles. The van der Waals surface area contributed by atoms with Crippen LogP contribution in [0.25, 0.3) is 16.5 Å². The van der Waals surface area contributed by atoms with Crippen LogP contribution in [0.4, 0.5) is 5.95 Å². The molecule has 0 unspecified atom stereocenters. The van der Waals surface area contributed by atoms with Crippen molar-refractivity contribution in [3.63, 3.8) is 0 Å². The first-order valence-corrected chi connectivity index (χ1v) is 16.5. The first-order valence-electron chi connectivity index (χ1n) is 15.0. The molecule has 230 valence electrons. The number of carbonyl (C=O) groups excluding carboxylic acids is 1. The van der Waals surface area contributed by atoms with Crippen molar-refractivity contribution in [1.82, 2.24) is 39.8 Å². The summed E-state index contributed by atoms with van der Waals surface area (Å²) < 4.78 is 32.3. The Labute approximate surface area is 260 Å². The number of hydrogen-bond donors (Lipinski definition) is 3. The lowest BCUT2D eigenvalue weighted by atomic mass is 9.98. The Kier molecular flexibility index (Phi) is 7.50. The molecule has 0 bridgehead atoms. The molecule has 2 atom stereocenters. The summed E-state index contributed by atoms with van der Waals surface area (Å²) in [5, 5.41) is 16.5. The van der Waals surface area contributed by atoms with Gasteiger partial charge in [-0.2, -0.15) is 0 Å². The first-order chi connectivity index (χ1) is 21.8. The Bertz CT molecular complexity index is 1980. The summed E-state index contributed by atoms with van der Waals surface area (Å²) in [6.45, 7) is 4.22. The normalized spacial score (nSPS) is 17.8. The molecule has 4 heterocycles. The van der Waals surface area contributed by atoms with Gasteiger partial charge in [0.15, 0.2) is 0 Å². The van der Waals surface area contributed by atoms with Crippen molar-refractivity contribution in [2.24, 2.45) is 5.92 Å². The van der Waals surface area contributed by atoms with Gasteiger partial charge < -0.3 is 10.6 Å². The summed E-state index contributed by atoms with van der Waals surface area (Å²) in [5.74, 6) is 0.647. The van der Waals surface area contributed by atoms with Crippen molar-refractivity contribution < 1.29 is 13.2 Å². The van der Waals surface area contributed by atoms with Gasteiger partial charge in [0.1, 0.15) is 6.33 Å². The minimum atomic E-state index is -3.89. The smallest absolute Gasteiger partial charge is 0.253 e. The fourth-order valence-electron chi connectivity index (χ4n) is 5.86. The third-order valence-electron chi connectivity index (χ3n) is 8.24. The van der Waals surface area contributed by atoms with E-state index in [4.69, 9.17) is 4.98 Å². The van der Waals surface area contributed by atoms with Crippen LogP contribution in [0, 0.1) is 5.92 Å². The van der Waals surface area contributed by atoms with Crippen molar-refractivity contribution in [2.45, 2.75) is 56.0 Å². The number of anilines is 1. The van der Waals surface area contributed by atoms with E-state index in [-0.39, 0.29) is 22.8 Å². The Hall–Kier alpha value is -4.75. The van der Waals surface area contributed by atoms with Crippen LogP contribution >= 0.6 is 0 Å². The molecule has 1 aromatic carbocycles. The summed E-state index contributed by atoms with van der Waals surface area (Å²) in [6, 6.07) is 9.92. The molecule has 0 radical (unpaired) electrons. The Morgan fingerprint density at radius 3 is 2.53 bits per heavy atom. The summed E-state index contributed by atoms with van der Waals surface area (Å²) in [5.41, 5.74) is 3.65. The lowest BCUT2D eigenvalue weighted by Gasteiger charge is -2.19. The molecule has 7 rings (SSSR count). The molecular formula is C32H33N9O3S. The van der Waals surface area contributed by atoms with E-state index >= 15 is 0 Å². The van der Waals surface area contributed by atoms with Crippen LogP contribution in [0.15, 0.2) is 78.6 Å². The summed E-state index contributed by atoms with van der Waals surface area (Å²) >= 11 is 0. The molecule has 4 aromatic heterocycles. The predicted octanol–water partition coefficient (Wildman–Crippen LogP) is 4.45. The van der Waals surface area contributed by atoms with Gasteiger partial charge in [-0.3, -0.25) is 24.3 Å². The fourth-order valence-corrected chi connectivity index (χ4v) is 7.31. The number of benzene rings is 1. The van der Waals surface area contributed by atoms with Crippen LogP contribution in [-0.2, 0) is 10.0 Å². The van der Waals surface area contributed by atoms with Crippen molar-refractivity contribution in [3.05, 3.63) is 96.1 Å². The standard InChI is InChI=1S/C32H33N9O3S/c1-19(2)14-37-45(43,44)29-12-24-27(38-31(42)21-5-3-9-33-15-21)13-28(30(24)25-17-35-26(11-23(25)29)20-7-8-20)39-32-40-36-18-41(32)22-6-4-10-34-16-22/h3-6,9-12,15-20,27-28,37H,7-8,13-14H2,1-2H3,(H,38,42)(H,39,40)/t27-,28-/m1/s1. The average molecular weight is 624 g/mol. The second kappa shape index (κ2) is 11.6. The Morgan fingerprint density at radius 2 is 1.82 bits per heavy atom. The number of hydrogen-bond acceptors (Lipinski definition) is 9. The highest BCUT2D eigenvalue weighted by molar-refractivity contribution is 7.89. The summed E-state index contributed by atoms with van der Waals surface area (Å²) in [7, 11) is -3.89. The van der Waals surface area contributed by atoms with E-state index in [0.29, 0.717) is 46.7 Å². The van der Waals surface area contributed by atoms with Crippen molar-refractivity contribution in [2.75, 3.05) is 11.9 Å². The number of nitrogens with zero attached hydrogens (tertiary/aromatic N) is 6. The second-order valence-electron chi connectivity index (χ2n) is 12.0. The van der Waals surface area contributed by atoms with Gasteiger partial charge in [-0.05, 0) is 72.7 Å². The minimum absolute atomic E-state index is 0.126. The van der Waals surface area contributed by atoms with Crippen LogP contribution in [-0.4, -0.2) is 50.6 Å². The zero-order valence-corrected chi connectivity index (χ0v) is 25.7. The van der Waals surface area contributed by atoms with E-state index in [9.17, 15) is 13.2 Å². The highest BCUT2D eigenvalue weighted by Gasteiger charge is 2.38. The lowest BCUT2D eigenvalue weighted by Crippen LogP contribution is -2.29. The van der Waals surface area contributed by atoms with Crippen LogP contribution < -0.4 is 15.4 Å². The van der Waals surface area contributed by atoms with E-state index in [0.717, 1.165) is 29.8 Å². The van der Waals surface area contributed by atoms with Crippen LogP contribution in [0.2, 0.25) is 0 Å². The van der Waals surface area contributed by atoms with Gasteiger partial charge >= 0.3 is 0 Å². The third kappa shape index (κ3) is 5.76. The fraction of sp³-hybridized carbons (Fsp3) is 0.312. The number of rotatable bonds is 10. The second-order valence-corrected chi connectivity index (χ2v) is 13.7. The molecule has 13 heteroatoms. The molecule has 0 saturated heterocycles. The monoisotopic (exact) mass is 623 g/mol. The third-order valence-corrected chi connectivity index (χ3v) is 9.71. The maximum atomic E-state index is 13.9. The predicted molar refractivity (Wildman–Crippen MR) is 168 cm³/mol. The molecule has 1 amide bonds. The lowest BCUT2D eigenvalue weighted by molar-refractivity contribution is 0.0935. The van der Waals surface area contributed by atoms with Gasteiger partial charge in [0, 0.05) is 53.7 Å². The SMILES string of the molecule is CC(C)CNS(=O)(=O)c1cc2c(c3cnc(C4CC4)cc13)[C@H](Nc1nncn1-c1cccnc1)C[C@H]2NC(=O)c1cccnc1. The van der Waals surface area contributed by atoms with Gasteiger partial charge in [-0.25, -0.2) is 13.1 Å². The largest absolute Gasteiger partial charge is 0.347 e. The molecule has 45 heavy (non-hydrogen) atoms. The highest BCUT2D eigenvalue weighted by atomic mass is 32.2. The number of fused-ring (bicyclic) bond motifs is 3. The number of aromatic nitrogens is 6. The molecule has 1 fully saturated rings. The summed E-state index contributed by atoms with van der Waals surface area (Å²) in [6.07, 6.45) is 12.4. The van der Waals surface area contributed by atoms with Crippen LogP contribution in [0.3, 0.4) is 0 Å². The first kappa shape index (κ1) is 29.0. The highest BCUT2D eigenvalue weighted by Crippen LogP contribution is 2.47. The van der Waals surface area contributed by atoms with E-state index in [1.165, 1.54) is 6.20 Å². The Balaban J connectivity index is 1.37. The molecule has 2 aliphatic rings. The maximum absolute atomic E-state index is 13.9. The molecule has 5 aromatic rings. The maximum Gasteiger partial charge on any atom is 0.253 e. The number of carbonyl (C=O) groups is 1. The van der Waals surface area contributed by atoms with E-state index < -0.39 is 16.1 Å².